The van der Waals surface area contributed by atoms with Crippen LogP contribution in [0, 0.1) is 6.92 Å². The lowest BCUT2D eigenvalue weighted by Gasteiger charge is -2.11. The Morgan fingerprint density at radius 2 is 1.71 bits per heavy atom. The van der Waals surface area contributed by atoms with Crippen molar-refractivity contribution >= 4 is 39.1 Å². The van der Waals surface area contributed by atoms with Crippen LogP contribution in [0.15, 0.2) is 59.1 Å². The molecule has 0 spiro atoms. The summed E-state index contributed by atoms with van der Waals surface area (Å²) in [5.41, 5.74) is 2.72. The van der Waals surface area contributed by atoms with Crippen LogP contribution in [0.5, 0.6) is 5.75 Å². The van der Waals surface area contributed by atoms with Crippen LogP contribution in [0.3, 0.4) is 0 Å². The van der Waals surface area contributed by atoms with Crippen LogP contribution in [-0.2, 0) is 0 Å². The van der Waals surface area contributed by atoms with Gasteiger partial charge in [-0.2, -0.15) is 4.98 Å². The van der Waals surface area contributed by atoms with Gasteiger partial charge in [0.1, 0.15) is 11.6 Å². The fraction of sp³-hybridized carbons (Fsp3) is 0.111. The Kier molecular flexibility index (Phi) is 4.96. The standard InChI is InChI=1S/C18H17BrN4O/c1-12-11-17(21-13-7-9-14(24-2)10-8-13)23-18(20-12)22-16-6-4-3-5-15(16)19/h3-11H,1-2H3,(H2,20,21,22,23). The summed E-state index contributed by atoms with van der Waals surface area (Å²) >= 11 is 3.51. The van der Waals surface area contributed by atoms with Crippen molar-refractivity contribution in [3.63, 3.8) is 0 Å². The van der Waals surface area contributed by atoms with Gasteiger partial charge in [0.2, 0.25) is 5.95 Å². The highest BCUT2D eigenvalue weighted by molar-refractivity contribution is 9.10. The quantitative estimate of drug-likeness (QED) is 0.644. The van der Waals surface area contributed by atoms with Crippen molar-refractivity contribution in [1.29, 1.82) is 0 Å². The number of halogens is 1. The van der Waals surface area contributed by atoms with Crippen molar-refractivity contribution in [2.24, 2.45) is 0 Å². The summed E-state index contributed by atoms with van der Waals surface area (Å²) in [4.78, 5) is 8.96. The molecule has 2 N–H and O–H groups in total. The number of rotatable bonds is 5. The fourth-order valence-corrected chi connectivity index (χ4v) is 2.58. The van der Waals surface area contributed by atoms with Crippen molar-refractivity contribution in [2.45, 2.75) is 6.92 Å². The highest BCUT2D eigenvalue weighted by Gasteiger charge is 2.05. The Hall–Kier alpha value is -2.60. The lowest BCUT2D eigenvalue weighted by Crippen LogP contribution is -2.02. The maximum absolute atomic E-state index is 5.17. The zero-order chi connectivity index (χ0) is 16.9. The van der Waals surface area contributed by atoms with E-state index in [1.54, 1.807) is 7.11 Å². The van der Waals surface area contributed by atoms with Crippen molar-refractivity contribution < 1.29 is 4.74 Å². The molecule has 0 aliphatic carbocycles. The molecular weight excluding hydrogens is 368 g/mol. The molecule has 0 aliphatic rings. The molecule has 1 heterocycles. The molecule has 0 radical (unpaired) electrons. The largest absolute Gasteiger partial charge is 0.497 e. The van der Waals surface area contributed by atoms with Crippen LogP contribution in [0.25, 0.3) is 0 Å². The third-order valence-corrected chi connectivity index (χ3v) is 4.03. The number of ether oxygens (including phenoxy) is 1. The maximum Gasteiger partial charge on any atom is 0.229 e. The van der Waals surface area contributed by atoms with Gasteiger partial charge in [-0.3, -0.25) is 0 Å². The second-order valence-electron chi connectivity index (χ2n) is 5.18. The second kappa shape index (κ2) is 7.31. The smallest absolute Gasteiger partial charge is 0.229 e. The van der Waals surface area contributed by atoms with Crippen LogP contribution in [-0.4, -0.2) is 17.1 Å². The monoisotopic (exact) mass is 384 g/mol. The van der Waals surface area contributed by atoms with Crippen molar-refractivity contribution in [3.05, 3.63) is 64.8 Å². The first kappa shape index (κ1) is 16.3. The maximum atomic E-state index is 5.17. The second-order valence-corrected chi connectivity index (χ2v) is 6.03. The minimum atomic E-state index is 0.540. The lowest BCUT2D eigenvalue weighted by atomic mass is 10.3. The Balaban J connectivity index is 1.81. The number of nitrogens with zero attached hydrogens (tertiary/aromatic N) is 2. The molecule has 0 unspecified atom stereocenters. The molecule has 3 rings (SSSR count). The molecule has 0 saturated carbocycles. The van der Waals surface area contributed by atoms with E-state index in [-0.39, 0.29) is 0 Å². The van der Waals surface area contributed by atoms with Crippen LogP contribution in [0.4, 0.5) is 23.1 Å². The van der Waals surface area contributed by atoms with Gasteiger partial charge in [0.05, 0.1) is 12.8 Å². The van der Waals surface area contributed by atoms with E-state index in [0.29, 0.717) is 5.95 Å². The SMILES string of the molecule is COc1ccc(Nc2cc(C)nc(Nc3ccccc3Br)n2)cc1. The molecule has 0 atom stereocenters. The molecule has 0 aliphatic heterocycles. The third-order valence-electron chi connectivity index (χ3n) is 3.34. The molecule has 24 heavy (non-hydrogen) atoms. The van der Waals surface area contributed by atoms with Gasteiger partial charge in [-0.15, -0.1) is 0 Å². The van der Waals surface area contributed by atoms with E-state index in [0.717, 1.165) is 33.1 Å². The highest BCUT2D eigenvalue weighted by Crippen LogP contribution is 2.25. The van der Waals surface area contributed by atoms with Crippen LogP contribution >= 0.6 is 15.9 Å². The van der Waals surface area contributed by atoms with E-state index >= 15 is 0 Å². The van der Waals surface area contributed by atoms with E-state index in [2.05, 4.69) is 36.5 Å². The first-order chi connectivity index (χ1) is 11.6. The zero-order valence-corrected chi connectivity index (χ0v) is 15.0. The normalized spacial score (nSPS) is 10.3. The lowest BCUT2D eigenvalue weighted by molar-refractivity contribution is 0.415. The number of benzene rings is 2. The molecule has 0 fully saturated rings. The fourth-order valence-electron chi connectivity index (χ4n) is 2.19. The van der Waals surface area contributed by atoms with Crippen LogP contribution in [0.2, 0.25) is 0 Å². The molecule has 122 valence electrons. The number of para-hydroxylation sites is 1. The first-order valence-corrected chi connectivity index (χ1v) is 8.21. The Labute approximate surface area is 149 Å². The molecule has 0 saturated heterocycles. The van der Waals surface area contributed by atoms with E-state index in [1.807, 2.05) is 61.5 Å². The molecule has 0 bridgehead atoms. The van der Waals surface area contributed by atoms with Gasteiger partial charge in [0, 0.05) is 21.9 Å². The van der Waals surface area contributed by atoms with Gasteiger partial charge in [-0.1, -0.05) is 12.1 Å². The Morgan fingerprint density at radius 1 is 0.958 bits per heavy atom. The molecule has 5 nitrogen and oxygen atoms in total. The topological polar surface area (TPSA) is 59.1 Å². The molecule has 0 amide bonds. The number of anilines is 4. The molecule has 1 aromatic heterocycles. The van der Waals surface area contributed by atoms with E-state index < -0.39 is 0 Å². The molecular formula is C18H17BrN4O. The van der Waals surface area contributed by atoms with E-state index in [9.17, 15) is 0 Å². The summed E-state index contributed by atoms with van der Waals surface area (Å²) in [6, 6.07) is 17.4. The summed E-state index contributed by atoms with van der Waals surface area (Å²) in [6.07, 6.45) is 0. The Bertz CT molecular complexity index is 837. The number of methoxy groups -OCH3 is 1. The van der Waals surface area contributed by atoms with Gasteiger partial charge >= 0.3 is 0 Å². The third kappa shape index (κ3) is 4.02. The minimum absolute atomic E-state index is 0.540. The van der Waals surface area contributed by atoms with Crippen LogP contribution in [0.1, 0.15) is 5.69 Å². The highest BCUT2D eigenvalue weighted by atomic mass is 79.9. The van der Waals surface area contributed by atoms with E-state index in [1.165, 1.54) is 0 Å². The summed E-state index contributed by atoms with van der Waals surface area (Å²) in [5.74, 6) is 2.08. The number of aromatic nitrogens is 2. The summed E-state index contributed by atoms with van der Waals surface area (Å²) in [5, 5.41) is 6.51. The predicted octanol–water partition coefficient (Wildman–Crippen LogP) is 5.04. The summed E-state index contributed by atoms with van der Waals surface area (Å²) in [6.45, 7) is 1.94. The minimum Gasteiger partial charge on any atom is -0.497 e. The average Bonchev–Trinajstić information content (AvgIpc) is 2.57. The first-order valence-electron chi connectivity index (χ1n) is 7.42. The van der Waals surface area contributed by atoms with Gasteiger partial charge in [-0.05, 0) is 59.3 Å². The van der Waals surface area contributed by atoms with Crippen molar-refractivity contribution in [3.8, 4) is 5.75 Å². The van der Waals surface area contributed by atoms with Gasteiger partial charge in [0.25, 0.3) is 0 Å². The molecule has 3 aromatic rings. The van der Waals surface area contributed by atoms with E-state index in [4.69, 9.17) is 4.74 Å². The van der Waals surface area contributed by atoms with Gasteiger partial charge in [0.15, 0.2) is 0 Å². The van der Waals surface area contributed by atoms with Crippen LogP contribution < -0.4 is 15.4 Å². The zero-order valence-electron chi connectivity index (χ0n) is 13.4. The van der Waals surface area contributed by atoms with Gasteiger partial charge in [-0.25, -0.2) is 4.98 Å². The predicted molar refractivity (Wildman–Crippen MR) is 100 cm³/mol. The summed E-state index contributed by atoms with van der Waals surface area (Å²) in [7, 11) is 1.65. The molecule has 2 aromatic carbocycles. The van der Waals surface area contributed by atoms with Crippen molar-refractivity contribution in [1.82, 2.24) is 9.97 Å². The number of hydrogen-bond donors (Lipinski definition) is 2. The molecule has 6 heteroatoms. The van der Waals surface area contributed by atoms with Crippen molar-refractivity contribution in [2.75, 3.05) is 17.7 Å². The summed E-state index contributed by atoms with van der Waals surface area (Å²) < 4.78 is 6.13. The average molecular weight is 385 g/mol. The number of nitrogens with one attached hydrogen (secondary N) is 2. The number of hydrogen-bond acceptors (Lipinski definition) is 5. The number of aryl methyl sites for hydroxylation is 1. The Morgan fingerprint density at radius 3 is 2.42 bits per heavy atom. The van der Waals surface area contributed by atoms with Gasteiger partial charge < -0.3 is 15.4 Å².